The van der Waals surface area contributed by atoms with Gasteiger partial charge in [0.05, 0.1) is 17.7 Å². The lowest BCUT2D eigenvalue weighted by Gasteiger charge is -2.07. The zero-order chi connectivity index (χ0) is 14.4. The monoisotopic (exact) mass is 284 g/mol. The Hall–Kier alpha value is -1.56. The number of amides is 1. The van der Waals surface area contributed by atoms with Gasteiger partial charge in [-0.2, -0.15) is 0 Å². The van der Waals surface area contributed by atoms with E-state index in [1.165, 1.54) is 7.11 Å². The van der Waals surface area contributed by atoms with Crippen LogP contribution < -0.4 is 11.1 Å². The van der Waals surface area contributed by atoms with Crippen molar-refractivity contribution in [2.75, 3.05) is 19.4 Å². The first-order valence-corrected chi connectivity index (χ1v) is 7.16. The highest BCUT2D eigenvalue weighted by molar-refractivity contribution is 7.18. The zero-order valence-corrected chi connectivity index (χ0v) is 12.4. The number of hydrogen-bond acceptors (Lipinski definition) is 5. The van der Waals surface area contributed by atoms with Crippen LogP contribution in [0.25, 0.3) is 0 Å². The van der Waals surface area contributed by atoms with Gasteiger partial charge in [0, 0.05) is 6.54 Å². The summed E-state index contributed by atoms with van der Waals surface area (Å²) in [6.07, 6.45) is 2.31. The van der Waals surface area contributed by atoms with Gasteiger partial charge in [-0.05, 0) is 18.4 Å². The minimum atomic E-state index is -0.435. The Morgan fingerprint density at radius 3 is 2.53 bits per heavy atom. The Balaban J connectivity index is 3.18. The quantitative estimate of drug-likeness (QED) is 0.785. The van der Waals surface area contributed by atoms with Crippen LogP contribution in [0, 0.1) is 0 Å². The second-order valence-corrected chi connectivity index (χ2v) is 5.20. The number of hydrogen-bond donors (Lipinski definition) is 2. The van der Waals surface area contributed by atoms with Crippen LogP contribution in [0.1, 0.15) is 52.3 Å². The molecule has 0 aliphatic rings. The van der Waals surface area contributed by atoms with E-state index in [9.17, 15) is 9.59 Å². The first kappa shape index (κ1) is 15.5. The fraction of sp³-hybridized carbons (Fsp3) is 0.538. The van der Waals surface area contributed by atoms with E-state index in [1.54, 1.807) is 0 Å². The summed E-state index contributed by atoms with van der Waals surface area (Å²) in [7, 11) is 1.32. The lowest BCUT2D eigenvalue weighted by Crippen LogP contribution is -2.25. The Kier molecular flexibility index (Phi) is 5.82. The zero-order valence-electron chi connectivity index (χ0n) is 11.5. The smallest absolute Gasteiger partial charge is 0.348 e. The lowest BCUT2D eigenvalue weighted by atomic mass is 10.0. The molecule has 0 aliphatic carbocycles. The molecule has 0 fully saturated rings. The van der Waals surface area contributed by atoms with Crippen LogP contribution in [0.5, 0.6) is 0 Å². The molecular formula is C13H20N2O3S. The third-order valence-corrected chi connectivity index (χ3v) is 3.71. The molecule has 1 aromatic heterocycles. The van der Waals surface area contributed by atoms with Crippen LogP contribution in [0.3, 0.4) is 0 Å². The Bertz CT molecular complexity index is 469. The summed E-state index contributed by atoms with van der Waals surface area (Å²) < 4.78 is 4.74. The van der Waals surface area contributed by atoms with Crippen molar-refractivity contribution in [3.8, 4) is 0 Å². The van der Waals surface area contributed by atoms with Crippen molar-refractivity contribution in [2.24, 2.45) is 0 Å². The van der Waals surface area contributed by atoms with E-state index in [0.717, 1.165) is 24.2 Å². The molecule has 3 N–H and O–H groups in total. The predicted molar refractivity (Wildman–Crippen MR) is 76.7 cm³/mol. The molecule has 1 aromatic rings. The number of rotatable bonds is 6. The second kappa shape index (κ2) is 7.13. The topological polar surface area (TPSA) is 81.4 Å². The number of esters is 1. The first-order chi connectivity index (χ1) is 9.06. The van der Waals surface area contributed by atoms with Gasteiger partial charge in [-0.25, -0.2) is 4.79 Å². The summed E-state index contributed by atoms with van der Waals surface area (Å²) in [6, 6.07) is 0. The number of nitrogens with two attached hydrogens (primary N) is 1. The van der Waals surface area contributed by atoms with E-state index in [0.29, 0.717) is 34.0 Å². The minimum Gasteiger partial charge on any atom is -0.465 e. The highest BCUT2D eigenvalue weighted by Crippen LogP contribution is 2.32. The van der Waals surface area contributed by atoms with Gasteiger partial charge in [-0.15, -0.1) is 11.3 Å². The fourth-order valence-corrected chi connectivity index (χ4v) is 2.84. The third kappa shape index (κ3) is 3.47. The van der Waals surface area contributed by atoms with Crippen LogP contribution in [-0.2, 0) is 11.2 Å². The van der Waals surface area contributed by atoms with E-state index in [4.69, 9.17) is 10.5 Å². The summed E-state index contributed by atoms with van der Waals surface area (Å²) in [4.78, 5) is 24.3. The molecule has 1 rings (SSSR count). The van der Waals surface area contributed by atoms with E-state index < -0.39 is 5.97 Å². The Morgan fingerprint density at radius 1 is 1.32 bits per heavy atom. The Morgan fingerprint density at radius 2 is 2.00 bits per heavy atom. The van der Waals surface area contributed by atoms with Crippen LogP contribution in [0.15, 0.2) is 0 Å². The highest BCUT2D eigenvalue weighted by Gasteiger charge is 2.25. The van der Waals surface area contributed by atoms with Gasteiger partial charge in [0.1, 0.15) is 4.88 Å². The maximum absolute atomic E-state index is 12.1. The predicted octanol–water partition coefficient (Wildman–Crippen LogP) is 2.21. The number of carbonyl (C=O) groups is 2. The van der Waals surface area contributed by atoms with Crippen molar-refractivity contribution < 1.29 is 14.3 Å². The van der Waals surface area contributed by atoms with Crippen LogP contribution >= 0.6 is 11.3 Å². The molecule has 0 saturated heterocycles. The van der Waals surface area contributed by atoms with Crippen molar-refractivity contribution in [2.45, 2.75) is 33.1 Å². The van der Waals surface area contributed by atoms with Crippen molar-refractivity contribution in [3.63, 3.8) is 0 Å². The number of anilines is 1. The largest absolute Gasteiger partial charge is 0.465 e. The maximum Gasteiger partial charge on any atom is 0.348 e. The minimum absolute atomic E-state index is 0.214. The summed E-state index contributed by atoms with van der Waals surface area (Å²) in [6.45, 7) is 4.56. The summed E-state index contributed by atoms with van der Waals surface area (Å²) in [5, 5.41) is 3.17. The Labute approximate surface area is 117 Å². The van der Waals surface area contributed by atoms with Gasteiger partial charge < -0.3 is 15.8 Å². The van der Waals surface area contributed by atoms with E-state index in [2.05, 4.69) is 5.32 Å². The van der Waals surface area contributed by atoms with Gasteiger partial charge in [0.25, 0.3) is 5.91 Å². The van der Waals surface area contributed by atoms with Gasteiger partial charge in [-0.3, -0.25) is 4.79 Å². The van der Waals surface area contributed by atoms with E-state index in [-0.39, 0.29) is 5.91 Å². The van der Waals surface area contributed by atoms with Crippen molar-refractivity contribution in [1.82, 2.24) is 5.32 Å². The summed E-state index contributed by atoms with van der Waals surface area (Å²) in [5.74, 6) is -0.649. The van der Waals surface area contributed by atoms with Crippen molar-refractivity contribution >= 4 is 28.2 Å². The molecule has 0 radical (unpaired) electrons. The maximum atomic E-state index is 12.1. The van der Waals surface area contributed by atoms with Crippen LogP contribution in [-0.4, -0.2) is 25.5 Å². The number of thiophene rings is 1. The molecule has 0 atom stereocenters. The van der Waals surface area contributed by atoms with E-state index in [1.807, 2.05) is 13.8 Å². The SMILES string of the molecule is CCCNC(=O)c1c(N)sc(C(=O)OC)c1CCC. The molecule has 0 bridgehead atoms. The molecule has 5 nitrogen and oxygen atoms in total. The van der Waals surface area contributed by atoms with Crippen molar-refractivity contribution in [3.05, 3.63) is 16.0 Å². The van der Waals surface area contributed by atoms with Gasteiger partial charge in [0.15, 0.2) is 0 Å². The van der Waals surface area contributed by atoms with Crippen LogP contribution in [0.2, 0.25) is 0 Å². The molecule has 1 heterocycles. The van der Waals surface area contributed by atoms with Gasteiger partial charge in [0.2, 0.25) is 0 Å². The average Bonchev–Trinajstić information content (AvgIpc) is 2.72. The fourth-order valence-electron chi connectivity index (χ4n) is 1.81. The molecule has 0 aliphatic heterocycles. The molecule has 0 spiro atoms. The second-order valence-electron chi connectivity index (χ2n) is 4.15. The van der Waals surface area contributed by atoms with Gasteiger partial charge in [-0.1, -0.05) is 20.3 Å². The molecule has 1 amide bonds. The number of nitrogens with one attached hydrogen (secondary N) is 1. The molecule has 0 unspecified atom stereocenters. The van der Waals surface area contributed by atoms with E-state index >= 15 is 0 Å². The molecule has 0 saturated carbocycles. The summed E-state index contributed by atoms with van der Waals surface area (Å²) >= 11 is 1.12. The standard InChI is InChI=1S/C13H20N2O3S/c1-4-6-8-9(12(16)15-7-5-2)11(14)19-10(8)13(17)18-3/h4-7,14H2,1-3H3,(H,15,16). The third-order valence-electron chi connectivity index (χ3n) is 2.67. The molecular weight excluding hydrogens is 264 g/mol. The number of carbonyl (C=O) groups excluding carboxylic acids is 2. The molecule has 106 valence electrons. The number of ether oxygens (including phenoxy) is 1. The normalized spacial score (nSPS) is 10.3. The first-order valence-electron chi connectivity index (χ1n) is 6.34. The lowest BCUT2D eigenvalue weighted by molar-refractivity contribution is 0.0605. The molecule has 0 aromatic carbocycles. The van der Waals surface area contributed by atoms with Crippen molar-refractivity contribution in [1.29, 1.82) is 0 Å². The number of methoxy groups -OCH3 is 1. The van der Waals surface area contributed by atoms with Gasteiger partial charge >= 0.3 is 5.97 Å². The highest BCUT2D eigenvalue weighted by atomic mass is 32.1. The average molecular weight is 284 g/mol. The molecule has 6 heteroatoms. The number of nitrogen functional groups attached to an aromatic ring is 1. The molecule has 19 heavy (non-hydrogen) atoms. The summed E-state index contributed by atoms with van der Waals surface area (Å²) in [5.41, 5.74) is 7.02. The van der Waals surface area contributed by atoms with Crippen LogP contribution in [0.4, 0.5) is 5.00 Å².